The second kappa shape index (κ2) is 14.9. The number of amides is 2. The predicted octanol–water partition coefficient (Wildman–Crippen LogP) is 6.08. The van der Waals surface area contributed by atoms with Gasteiger partial charge < -0.3 is 10.2 Å². The van der Waals surface area contributed by atoms with Gasteiger partial charge in [0.25, 0.3) is 0 Å². The third kappa shape index (κ3) is 8.96. The van der Waals surface area contributed by atoms with Crippen LogP contribution in [0.1, 0.15) is 30.9 Å². The molecule has 0 heterocycles. The molecular formula is C29H32BrCl2N3O4S. The molecule has 2 amide bonds. The number of benzene rings is 3. The van der Waals surface area contributed by atoms with Crippen molar-refractivity contribution >= 4 is 66.7 Å². The summed E-state index contributed by atoms with van der Waals surface area (Å²) >= 11 is 16.0. The largest absolute Gasteiger partial charge is 0.354 e. The van der Waals surface area contributed by atoms with Crippen LogP contribution in [0.25, 0.3) is 0 Å². The number of hydrogen-bond acceptors (Lipinski definition) is 4. The number of rotatable bonds is 13. The number of halogens is 3. The number of nitrogens with one attached hydrogen (secondary N) is 1. The Kier molecular flexibility index (Phi) is 11.9. The van der Waals surface area contributed by atoms with E-state index in [1.807, 2.05) is 37.3 Å². The van der Waals surface area contributed by atoms with E-state index in [0.717, 1.165) is 29.0 Å². The summed E-state index contributed by atoms with van der Waals surface area (Å²) in [5, 5.41) is 3.71. The van der Waals surface area contributed by atoms with Gasteiger partial charge in [0.05, 0.1) is 11.9 Å². The summed E-state index contributed by atoms with van der Waals surface area (Å²) in [4.78, 5) is 29.1. The predicted molar refractivity (Wildman–Crippen MR) is 165 cm³/mol. The zero-order valence-electron chi connectivity index (χ0n) is 22.3. The molecule has 0 fully saturated rings. The lowest BCUT2D eigenvalue weighted by Crippen LogP contribution is -2.53. The molecule has 0 aromatic heterocycles. The summed E-state index contributed by atoms with van der Waals surface area (Å²) in [6.07, 6.45) is 2.94. The number of hydrogen-bond donors (Lipinski definition) is 1. The molecule has 0 saturated carbocycles. The van der Waals surface area contributed by atoms with E-state index in [2.05, 4.69) is 21.2 Å². The molecule has 1 atom stereocenters. The Morgan fingerprint density at radius 2 is 1.68 bits per heavy atom. The van der Waals surface area contributed by atoms with Crippen LogP contribution in [0.5, 0.6) is 0 Å². The molecule has 0 aliphatic heterocycles. The highest BCUT2D eigenvalue weighted by Crippen LogP contribution is 2.29. The van der Waals surface area contributed by atoms with E-state index < -0.39 is 28.5 Å². The molecule has 40 heavy (non-hydrogen) atoms. The standard InChI is InChI=1S/C29H32BrCl2N3O4S/c1-3-4-16-33-29(37)27(17-21-10-6-5-7-11-21)34(19-22-14-15-23(31)18-25(22)32)28(36)20-35(40(2,38)39)26-13-9-8-12-24(26)30/h5-15,18,27H,3-4,16-17,19-20H2,1-2H3,(H,33,37)/t27-/m0/s1. The maximum atomic E-state index is 14.1. The molecule has 3 rings (SSSR count). The molecule has 0 radical (unpaired) electrons. The summed E-state index contributed by atoms with van der Waals surface area (Å²) in [5.41, 5.74) is 1.74. The molecule has 0 aliphatic carbocycles. The van der Waals surface area contributed by atoms with Crippen molar-refractivity contribution in [2.24, 2.45) is 0 Å². The highest BCUT2D eigenvalue weighted by Gasteiger charge is 2.33. The topological polar surface area (TPSA) is 86.8 Å². The van der Waals surface area contributed by atoms with Crippen molar-refractivity contribution in [1.29, 1.82) is 0 Å². The van der Waals surface area contributed by atoms with Crippen LogP contribution in [-0.2, 0) is 32.6 Å². The molecule has 3 aromatic rings. The zero-order valence-corrected chi connectivity index (χ0v) is 26.2. The molecule has 0 saturated heterocycles. The van der Waals surface area contributed by atoms with Crippen molar-refractivity contribution in [3.05, 3.63) is 98.4 Å². The van der Waals surface area contributed by atoms with Gasteiger partial charge >= 0.3 is 0 Å². The Hall–Kier alpha value is -2.59. The first-order valence-corrected chi connectivity index (χ1v) is 16.2. The van der Waals surface area contributed by atoms with Crippen LogP contribution in [0, 0.1) is 0 Å². The SMILES string of the molecule is CCCCNC(=O)[C@H](Cc1ccccc1)N(Cc1ccc(Cl)cc1Cl)C(=O)CN(c1ccccc1Br)S(C)(=O)=O. The molecule has 0 spiro atoms. The van der Waals surface area contributed by atoms with E-state index in [1.54, 1.807) is 42.5 Å². The van der Waals surface area contributed by atoms with E-state index in [1.165, 1.54) is 4.90 Å². The van der Waals surface area contributed by atoms with Crippen LogP contribution in [0.2, 0.25) is 10.0 Å². The molecule has 0 unspecified atom stereocenters. The molecule has 1 N–H and O–H groups in total. The third-order valence-corrected chi connectivity index (χ3v) is 8.64. The summed E-state index contributed by atoms with van der Waals surface area (Å²) in [7, 11) is -3.87. The highest BCUT2D eigenvalue weighted by molar-refractivity contribution is 9.10. The Bertz CT molecular complexity index is 1420. The van der Waals surface area contributed by atoms with Crippen LogP contribution in [0.4, 0.5) is 5.69 Å². The minimum atomic E-state index is -3.87. The van der Waals surface area contributed by atoms with Crippen molar-refractivity contribution in [3.8, 4) is 0 Å². The van der Waals surface area contributed by atoms with Gasteiger partial charge in [-0.05, 0) is 57.7 Å². The van der Waals surface area contributed by atoms with Gasteiger partial charge in [0.2, 0.25) is 21.8 Å². The first kappa shape index (κ1) is 31.9. The second-order valence-corrected chi connectivity index (χ2v) is 12.9. The van der Waals surface area contributed by atoms with Crippen LogP contribution in [0.15, 0.2) is 77.3 Å². The van der Waals surface area contributed by atoms with Crippen LogP contribution in [0.3, 0.4) is 0 Å². The van der Waals surface area contributed by atoms with Gasteiger partial charge in [0.15, 0.2) is 0 Å². The fourth-order valence-electron chi connectivity index (χ4n) is 4.14. The average Bonchev–Trinajstić information content (AvgIpc) is 2.91. The van der Waals surface area contributed by atoms with E-state index in [4.69, 9.17) is 23.2 Å². The van der Waals surface area contributed by atoms with Gasteiger partial charge in [-0.2, -0.15) is 0 Å². The Morgan fingerprint density at radius 3 is 2.30 bits per heavy atom. The number of nitrogens with zero attached hydrogens (tertiary/aromatic N) is 2. The molecule has 0 aliphatic rings. The van der Waals surface area contributed by atoms with Crippen molar-refractivity contribution in [2.75, 3.05) is 23.7 Å². The molecule has 0 bridgehead atoms. The number of sulfonamides is 1. The van der Waals surface area contributed by atoms with E-state index >= 15 is 0 Å². The Morgan fingerprint density at radius 1 is 1.00 bits per heavy atom. The highest BCUT2D eigenvalue weighted by atomic mass is 79.9. The smallest absolute Gasteiger partial charge is 0.244 e. The minimum Gasteiger partial charge on any atom is -0.354 e. The average molecular weight is 669 g/mol. The summed E-state index contributed by atoms with van der Waals surface area (Å²) in [6.45, 7) is 1.94. The number of anilines is 1. The van der Waals surface area contributed by atoms with Crippen molar-refractivity contribution < 1.29 is 18.0 Å². The molecular weight excluding hydrogens is 637 g/mol. The summed E-state index contributed by atoms with van der Waals surface area (Å²) in [5.74, 6) is -0.888. The molecule has 3 aromatic carbocycles. The van der Waals surface area contributed by atoms with Gasteiger partial charge in [-0.15, -0.1) is 0 Å². The van der Waals surface area contributed by atoms with Gasteiger partial charge in [-0.3, -0.25) is 13.9 Å². The summed E-state index contributed by atoms with van der Waals surface area (Å²) < 4.78 is 27.3. The quantitative estimate of drug-likeness (QED) is 0.224. The number of carbonyl (C=O) groups is 2. The van der Waals surface area contributed by atoms with E-state index in [0.29, 0.717) is 32.3 Å². The van der Waals surface area contributed by atoms with Gasteiger partial charge in [0.1, 0.15) is 12.6 Å². The second-order valence-electron chi connectivity index (χ2n) is 9.33. The van der Waals surface area contributed by atoms with Crippen molar-refractivity contribution in [1.82, 2.24) is 10.2 Å². The van der Waals surface area contributed by atoms with Gasteiger partial charge in [0, 0.05) is 34.0 Å². The van der Waals surface area contributed by atoms with Crippen LogP contribution in [-0.4, -0.2) is 50.5 Å². The minimum absolute atomic E-state index is 0.0267. The van der Waals surface area contributed by atoms with E-state index in [9.17, 15) is 18.0 Å². The lowest BCUT2D eigenvalue weighted by molar-refractivity contribution is -0.140. The molecule has 214 valence electrons. The number of para-hydroxylation sites is 1. The first-order chi connectivity index (χ1) is 19.0. The van der Waals surface area contributed by atoms with Gasteiger partial charge in [-0.1, -0.05) is 85.1 Å². The maximum absolute atomic E-state index is 14.1. The lowest BCUT2D eigenvalue weighted by Gasteiger charge is -2.34. The maximum Gasteiger partial charge on any atom is 0.244 e. The lowest BCUT2D eigenvalue weighted by atomic mass is 10.0. The third-order valence-electron chi connectivity index (χ3n) is 6.26. The van der Waals surface area contributed by atoms with E-state index in [-0.39, 0.29) is 18.9 Å². The van der Waals surface area contributed by atoms with Crippen LogP contribution >= 0.6 is 39.1 Å². The Balaban J connectivity index is 2.07. The number of unbranched alkanes of at least 4 members (excludes halogenated alkanes) is 1. The fourth-order valence-corrected chi connectivity index (χ4v) is 6.09. The van der Waals surface area contributed by atoms with Gasteiger partial charge in [-0.25, -0.2) is 8.42 Å². The van der Waals surface area contributed by atoms with Crippen LogP contribution < -0.4 is 9.62 Å². The first-order valence-electron chi connectivity index (χ1n) is 12.8. The Labute approximate surface area is 254 Å². The molecule has 11 heteroatoms. The fraction of sp³-hybridized carbons (Fsp3) is 0.310. The van der Waals surface area contributed by atoms with Crippen molar-refractivity contribution in [2.45, 2.75) is 38.8 Å². The van der Waals surface area contributed by atoms with Crippen molar-refractivity contribution in [3.63, 3.8) is 0 Å². The monoisotopic (exact) mass is 667 g/mol. The molecule has 7 nitrogen and oxygen atoms in total. The summed E-state index contributed by atoms with van der Waals surface area (Å²) in [6, 6.07) is 20.1. The zero-order chi connectivity index (χ0) is 29.3. The number of carbonyl (C=O) groups excluding carboxylic acids is 2. The normalized spacial score (nSPS) is 12.0.